The molecule has 8 heteroatoms. The standard InChI is InChI=1S/C24H15ClN4O3/c25-17-7-5-14(6-8-17)18(20(13-28)23(29)16(11-26)12-27)10-21(30)19-9-15-3-1-2-4-22(15)32-24(19)31/h1-9,18,20H,10,29H2. The zero-order valence-corrected chi connectivity index (χ0v) is 17.3. The largest absolute Gasteiger partial charge is 0.422 e. The average molecular weight is 443 g/mol. The quantitative estimate of drug-likeness (QED) is 0.342. The summed E-state index contributed by atoms with van der Waals surface area (Å²) in [5, 5.41) is 29.2. The maximum atomic E-state index is 13.1. The molecule has 0 saturated heterocycles. The Hall–Kier alpha value is -4.38. The van der Waals surface area contributed by atoms with Crippen molar-refractivity contribution in [3.05, 3.63) is 92.4 Å². The zero-order valence-electron chi connectivity index (χ0n) is 16.6. The van der Waals surface area contributed by atoms with E-state index >= 15 is 0 Å². The molecule has 7 nitrogen and oxygen atoms in total. The number of rotatable bonds is 6. The topological polar surface area (TPSA) is 145 Å². The Labute approximate surface area is 188 Å². The molecule has 0 aliphatic heterocycles. The Bertz CT molecular complexity index is 1390. The molecule has 0 saturated carbocycles. The fraction of sp³-hybridized carbons (Fsp3) is 0.125. The monoisotopic (exact) mass is 442 g/mol. The summed E-state index contributed by atoms with van der Waals surface area (Å²) >= 11 is 5.96. The Morgan fingerprint density at radius 1 is 1.06 bits per heavy atom. The maximum absolute atomic E-state index is 13.1. The van der Waals surface area contributed by atoms with Crippen molar-refractivity contribution in [1.29, 1.82) is 15.8 Å². The number of nitrogens with zero attached hydrogens (tertiary/aromatic N) is 3. The second-order valence-electron chi connectivity index (χ2n) is 6.93. The van der Waals surface area contributed by atoms with Crippen LogP contribution in [0.3, 0.4) is 0 Å². The normalized spacial score (nSPS) is 12.1. The molecular weight excluding hydrogens is 428 g/mol. The molecule has 2 aromatic carbocycles. The molecule has 156 valence electrons. The predicted molar refractivity (Wildman–Crippen MR) is 117 cm³/mol. The minimum atomic E-state index is -1.16. The van der Waals surface area contributed by atoms with Gasteiger partial charge in [-0.05, 0) is 29.8 Å². The van der Waals surface area contributed by atoms with E-state index in [1.807, 2.05) is 6.07 Å². The summed E-state index contributed by atoms with van der Waals surface area (Å²) in [4.78, 5) is 25.6. The third-order valence-electron chi connectivity index (χ3n) is 5.03. The SMILES string of the molecule is N#CC(C#N)=C(N)C(C#N)C(CC(=O)c1cc2ccccc2oc1=O)c1ccc(Cl)cc1. The molecule has 32 heavy (non-hydrogen) atoms. The van der Waals surface area contributed by atoms with E-state index in [1.165, 1.54) is 6.07 Å². The van der Waals surface area contributed by atoms with Gasteiger partial charge in [0.1, 0.15) is 28.9 Å². The summed E-state index contributed by atoms with van der Waals surface area (Å²) in [6, 6.07) is 20.0. The van der Waals surface area contributed by atoms with Gasteiger partial charge in [0.25, 0.3) is 0 Å². The molecule has 0 spiro atoms. The summed E-state index contributed by atoms with van der Waals surface area (Å²) < 4.78 is 5.25. The van der Waals surface area contributed by atoms with Gasteiger partial charge in [-0.25, -0.2) is 4.79 Å². The number of hydrogen-bond acceptors (Lipinski definition) is 7. The molecule has 3 aromatic rings. The lowest BCUT2D eigenvalue weighted by Crippen LogP contribution is -2.24. The van der Waals surface area contributed by atoms with Crippen LogP contribution in [0, 0.1) is 39.9 Å². The molecule has 0 bridgehead atoms. The highest BCUT2D eigenvalue weighted by Crippen LogP contribution is 2.34. The number of fused-ring (bicyclic) bond motifs is 1. The third kappa shape index (κ3) is 4.52. The number of carbonyl (C=O) groups excluding carboxylic acids is 1. The molecular formula is C24H15ClN4O3. The molecule has 0 radical (unpaired) electrons. The van der Waals surface area contributed by atoms with Gasteiger partial charge in [-0.15, -0.1) is 0 Å². The van der Waals surface area contributed by atoms with Crippen LogP contribution in [0.5, 0.6) is 0 Å². The van der Waals surface area contributed by atoms with Crippen LogP contribution in [-0.2, 0) is 0 Å². The van der Waals surface area contributed by atoms with Crippen molar-refractivity contribution >= 4 is 28.4 Å². The van der Waals surface area contributed by atoms with Crippen molar-refractivity contribution in [3.8, 4) is 18.2 Å². The molecule has 2 N–H and O–H groups in total. The summed E-state index contributed by atoms with van der Waals surface area (Å²) in [5.74, 6) is -2.57. The lowest BCUT2D eigenvalue weighted by Gasteiger charge is -2.22. The van der Waals surface area contributed by atoms with E-state index in [0.29, 0.717) is 21.6 Å². The van der Waals surface area contributed by atoms with E-state index < -0.39 is 28.8 Å². The first-order valence-electron chi connectivity index (χ1n) is 9.40. The number of benzene rings is 2. The maximum Gasteiger partial charge on any atom is 0.347 e. The molecule has 3 rings (SSSR count). The minimum absolute atomic E-state index is 0.164. The number of nitriles is 3. The van der Waals surface area contributed by atoms with Crippen molar-refractivity contribution in [2.75, 3.05) is 0 Å². The average Bonchev–Trinajstić information content (AvgIpc) is 2.79. The van der Waals surface area contributed by atoms with E-state index in [4.69, 9.17) is 32.3 Å². The van der Waals surface area contributed by atoms with E-state index in [2.05, 4.69) is 0 Å². The van der Waals surface area contributed by atoms with E-state index in [0.717, 1.165) is 0 Å². The van der Waals surface area contributed by atoms with Gasteiger partial charge >= 0.3 is 5.63 Å². The Morgan fingerprint density at radius 2 is 1.72 bits per heavy atom. The number of allylic oxidation sites excluding steroid dienone is 2. The highest BCUT2D eigenvalue weighted by molar-refractivity contribution is 6.30. The summed E-state index contributed by atoms with van der Waals surface area (Å²) in [7, 11) is 0. The van der Waals surface area contributed by atoms with Crippen LogP contribution >= 0.6 is 11.6 Å². The van der Waals surface area contributed by atoms with Gasteiger partial charge in [0.15, 0.2) is 5.78 Å². The van der Waals surface area contributed by atoms with Crippen molar-refractivity contribution in [2.45, 2.75) is 12.3 Å². The van der Waals surface area contributed by atoms with Gasteiger partial charge < -0.3 is 10.2 Å². The van der Waals surface area contributed by atoms with Gasteiger partial charge in [-0.1, -0.05) is 41.9 Å². The van der Waals surface area contributed by atoms with Gasteiger partial charge in [0, 0.05) is 22.7 Å². The van der Waals surface area contributed by atoms with Crippen LogP contribution in [0.25, 0.3) is 11.0 Å². The fourth-order valence-corrected chi connectivity index (χ4v) is 3.52. The molecule has 0 fully saturated rings. The van der Waals surface area contributed by atoms with Crippen molar-refractivity contribution in [1.82, 2.24) is 0 Å². The first-order valence-corrected chi connectivity index (χ1v) is 9.78. The van der Waals surface area contributed by atoms with E-state index in [1.54, 1.807) is 60.7 Å². The van der Waals surface area contributed by atoms with E-state index in [9.17, 15) is 14.9 Å². The van der Waals surface area contributed by atoms with Crippen molar-refractivity contribution in [2.24, 2.45) is 11.7 Å². The summed E-state index contributed by atoms with van der Waals surface area (Å²) in [5.41, 5.74) is 5.25. The number of carbonyl (C=O) groups is 1. The molecule has 2 unspecified atom stereocenters. The van der Waals surface area contributed by atoms with Crippen LogP contribution in [0.1, 0.15) is 28.3 Å². The molecule has 0 aliphatic carbocycles. The number of hydrogen-bond donors (Lipinski definition) is 1. The molecule has 0 aliphatic rings. The van der Waals surface area contributed by atoms with Gasteiger partial charge in [-0.2, -0.15) is 15.8 Å². The molecule has 2 atom stereocenters. The van der Waals surface area contributed by atoms with E-state index in [-0.39, 0.29) is 17.7 Å². The number of nitrogens with two attached hydrogens (primary N) is 1. The molecule has 0 amide bonds. The van der Waals surface area contributed by atoms with Crippen LogP contribution in [0.2, 0.25) is 5.02 Å². The van der Waals surface area contributed by atoms with Gasteiger partial charge in [0.2, 0.25) is 0 Å². The zero-order chi connectivity index (χ0) is 23.3. The van der Waals surface area contributed by atoms with Crippen molar-refractivity contribution in [3.63, 3.8) is 0 Å². The number of halogens is 1. The highest BCUT2D eigenvalue weighted by atomic mass is 35.5. The second-order valence-corrected chi connectivity index (χ2v) is 7.37. The third-order valence-corrected chi connectivity index (χ3v) is 5.29. The summed E-state index contributed by atoms with van der Waals surface area (Å²) in [6.07, 6.45) is -0.284. The van der Waals surface area contributed by atoms with Gasteiger partial charge in [0.05, 0.1) is 17.7 Å². The lowest BCUT2D eigenvalue weighted by molar-refractivity contribution is 0.0966. The molecule has 1 aromatic heterocycles. The van der Waals surface area contributed by atoms with Crippen molar-refractivity contribution < 1.29 is 9.21 Å². The van der Waals surface area contributed by atoms with Crippen LogP contribution < -0.4 is 11.4 Å². The minimum Gasteiger partial charge on any atom is -0.422 e. The Balaban J connectivity index is 2.09. The first-order chi connectivity index (χ1) is 15.4. The number of para-hydroxylation sites is 1. The second kappa shape index (κ2) is 9.62. The Kier molecular flexibility index (Phi) is 6.71. The molecule has 1 heterocycles. The summed E-state index contributed by atoms with van der Waals surface area (Å²) in [6.45, 7) is 0. The predicted octanol–water partition coefficient (Wildman–Crippen LogP) is 4.20. The first kappa shape index (κ1) is 22.3. The number of ketones is 1. The van der Waals surface area contributed by atoms with Crippen LogP contribution in [0.15, 0.2) is 75.1 Å². The van der Waals surface area contributed by atoms with Crippen LogP contribution in [0.4, 0.5) is 0 Å². The smallest absolute Gasteiger partial charge is 0.347 e. The fourth-order valence-electron chi connectivity index (χ4n) is 3.39. The van der Waals surface area contributed by atoms with Crippen LogP contribution in [-0.4, -0.2) is 5.78 Å². The highest BCUT2D eigenvalue weighted by Gasteiger charge is 2.31. The lowest BCUT2D eigenvalue weighted by atomic mass is 9.79. The Morgan fingerprint density at radius 3 is 2.34 bits per heavy atom. The van der Waals surface area contributed by atoms with Gasteiger partial charge in [-0.3, -0.25) is 4.79 Å². The number of Topliss-reactive ketones (excluding diaryl/α,β-unsaturated/α-hetero) is 1.